The van der Waals surface area contributed by atoms with Gasteiger partial charge in [-0.25, -0.2) is 0 Å². The average molecular weight is 235 g/mol. The Balaban J connectivity index is 2.04. The molecule has 2 heterocycles. The topological polar surface area (TPSA) is 99.1 Å². The minimum absolute atomic E-state index is 0.123. The molecule has 7 heteroatoms. The van der Waals surface area contributed by atoms with E-state index >= 15 is 0 Å². The SMILES string of the molecule is CCOc1nc(N)nc(NCc2ccoc2)n1. The summed E-state index contributed by atoms with van der Waals surface area (Å²) in [7, 11) is 0. The molecule has 0 atom stereocenters. The number of hydrogen-bond donors (Lipinski definition) is 2. The van der Waals surface area contributed by atoms with Crippen molar-refractivity contribution in [2.24, 2.45) is 0 Å². The van der Waals surface area contributed by atoms with Gasteiger partial charge in [0, 0.05) is 12.1 Å². The van der Waals surface area contributed by atoms with Gasteiger partial charge in [0.2, 0.25) is 11.9 Å². The van der Waals surface area contributed by atoms with Gasteiger partial charge in [-0.05, 0) is 13.0 Å². The van der Waals surface area contributed by atoms with Crippen LogP contribution in [0.4, 0.5) is 11.9 Å². The second-order valence-corrected chi connectivity index (χ2v) is 3.22. The molecule has 0 aromatic carbocycles. The molecule has 0 aliphatic heterocycles. The van der Waals surface area contributed by atoms with Gasteiger partial charge in [0.15, 0.2) is 0 Å². The van der Waals surface area contributed by atoms with Crippen molar-refractivity contribution >= 4 is 11.9 Å². The maximum absolute atomic E-state index is 5.54. The average Bonchev–Trinajstić information content (AvgIpc) is 2.79. The molecule has 90 valence electrons. The fourth-order valence-corrected chi connectivity index (χ4v) is 1.22. The first-order valence-corrected chi connectivity index (χ1v) is 5.17. The maximum atomic E-state index is 5.54. The number of nitrogens with zero attached hydrogens (tertiary/aromatic N) is 3. The Morgan fingerprint density at radius 3 is 3.00 bits per heavy atom. The summed E-state index contributed by atoms with van der Waals surface area (Å²) in [6, 6.07) is 2.07. The highest BCUT2D eigenvalue weighted by Gasteiger charge is 2.04. The highest BCUT2D eigenvalue weighted by Crippen LogP contribution is 2.10. The summed E-state index contributed by atoms with van der Waals surface area (Å²) >= 11 is 0. The van der Waals surface area contributed by atoms with Crippen molar-refractivity contribution in [1.29, 1.82) is 0 Å². The molecule has 3 N–H and O–H groups in total. The van der Waals surface area contributed by atoms with Gasteiger partial charge in [-0.2, -0.15) is 15.0 Å². The van der Waals surface area contributed by atoms with Gasteiger partial charge in [0.25, 0.3) is 0 Å². The number of rotatable bonds is 5. The summed E-state index contributed by atoms with van der Waals surface area (Å²) in [5, 5.41) is 3.00. The number of furan rings is 1. The Kier molecular flexibility index (Phi) is 3.39. The number of ether oxygens (including phenoxy) is 1. The van der Waals surface area contributed by atoms with Crippen LogP contribution in [-0.4, -0.2) is 21.6 Å². The number of nitrogens with one attached hydrogen (secondary N) is 1. The molecule has 2 aromatic heterocycles. The summed E-state index contributed by atoms with van der Waals surface area (Å²) < 4.78 is 10.1. The van der Waals surface area contributed by atoms with E-state index < -0.39 is 0 Å². The van der Waals surface area contributed by atoms with Gasteiger partial charge in [-0.15, -0.1) is 0 Å². The molecule has 0 fully saturated rings. The Bertz CT molecular complexity index is 472. The Hall–Kier alpha value is -2.31. The Morgan fingerprint density at radius 1 is 1.41 bits per heavy atom. The third-order valence-corrected chi connectivity index (χ3v) is 1.94. The van der Waals surface area contributed by atoms with E-state index in [-0.39, 0.29) is 12.0 Å². The lowest BCUT2D eigenvalue weighted by molar-refractivity contribution is 0.312. The summed E-state index contributed by atoms with van der Waals surface area (Å²) in [5.74, 6) is 0.500. The zero-order chi connectivity index (χ0) is 12.1. The first kappa shape index (κ1) is 11.2. The molecule has 0 amide bonds. The van der Waals surface area contributed by atoms with Gasteiger partial charge in [0.05, 0.1) is 19.1 Å². The lowest BCUT2D eigenvalue weighted by atomic mass is 10.3. The molecule has 7 nitrogen and oxygen atoms in total. The molecule has 0 aliphatic carbocycles. The van der Waals surface area contributed by atoms with E-state index in [9.17, 15) is 0 Å². The van der Waals surface area contributed by atoms with Gasteiger partial charge in [0.1, 0.15) is 0 Å². The number of nitrogen functional groups attached to an aromatic ring is 1. The van der Waals surface area contributed by atoms with Gasteiger partial charge < -0.3 is 20.2 Å². The highest BCUT2D eigenvalue weighted by molar-refractivity contribution is 5.33. The van der Waals surface area contributed by atoms with Crippen molar-refractivity contribution in [3.8, 4) is 6.01 Å². The molecule has 0 bridgehead atoms. The summed E-state index contributed by atoms with van der Waals surface area (Å²) in [6.07, 6.45) is 3.24. The highest BCUT2D eigenvalue weighted by atomic mass is 16.5. The first-order valence-electron chi connectivity index (χ1n) is 5.17. The van der Waals surface area contributed by atoms with Crippen LogP contribution in [0.15, 0.2) is 23.0 Å². The molecule has 0 saturated carbocycles. The van der Waals surface area contributed by atoms with Crippen molar-refractivity contribution in [3.63, 3.8) is 0 Å². The summed E-state index contributed by atoms with van der Waals surface area (Å²) in [5.41, 5.74) is 6.53. The van der Waals surface area contributed by atoms with E-state index in [0.29, 0.717) is 19.1 Å². The third kappa shape index (κ3) is 3.07. The second-order valence-electron chi connectivity index (χ2n) is 3.22. The minimum Gasteiger partial charge on any atom is -0.472 e. The number of nitrogens with two attached hydrogens (primary N) is 1. The van der Waals surface area contributed by atoms with Crippen LogP contribution in [0.25, 0.3) is 0 Å². The fourth-order valence-electron chi connectivity index (χ4n) is 1.22. The van der Waals surface area contributed by atoms with E-state index in [1.54, 1.807) is 12.5 Å². The lowest BCUT2D eigenvalue weighted by Crippen LogP contribution is -2.08. The van der Waals surface area contributed by atoms with Crippen LogP contribution >= 0.6 is 0 Å². The quantitative estimate of drug-likeness (QED) is 0.799. The standard InChI is InChI=1S/C10H13N5O2/c1-2-17-10-14-8(11)13-9(15-10)12-5-7-3-4-16-6-7/h3-4,6H,2,5H2,1H3,(H3,11,12,13,14,15). The van der Waals surface area contributed by atoms with E-state index in [1.165, 1.54) is 0 Å². The van der Waals surface area contributed by atoms with Crippen molar-refractivity contribution in [3.05, 3.63) is 24.2 Å². The van der Waals surface area contributed by atoms with Crippen molar-refractivity contribution in [2.45, 2.75) is 13.5 Å². The summed E-state index contributed by atoms with van der Waals surface area (Å²) in [4.78, 5) is 11.8. The zero-order valence-corrected chi connectivity index (χ0v) is 9.38. The molecular formula is C10H13N5O2. The fraction of sp³-hybridized carbons (Fsp3) is 0.300. The van der Waals surface area contributed by atoms with Crippen molar-refractivity contribution in [1.82, 2.24) is 15.0 Å². The molecule has 2 rings (SSSR count). The van der Waals surface area contributed by atoms with Crippen LogP contribution in [0.1, 0.15) is 12.5 Å². The van der Waals surface area contributed by atoms with Crippen molar-refractivity contribution < 1.29 is 9.15 Å². The number of aromatic nitrogens is 3. The molecule has 0 saturated heterocycles. The van der Waals surface area contributed by atoms with Crippen molar-refractivity contribution in [2.75, 3.05) is 17.7 Å². The minimum atomic E-state index is 0.123. The third-order valence-electron chi connectivity index (χ3n) is 1.94. The Labute approximate surface area is 98.0 Å². The van der Waals surface area contributed by atoms with Crippen LogP contribution in [0.2, 0.25) is 0 Å². The number of hydrogen-bond acceptors (Lipinski definition) is 7. The molecule has 2 aromatic rings. The maximum Gasteiger partial charge on any atom is 0.323 e. The second kappa shape index (κ2) is 5.15. The van der Waals surface area contributed by atoms with Crippen LogP contribution in [-0.2, 0) is 6.54 Å². The first-order chi connectivity index (χ1) is 8.28. The molecule has 0 aliphatic rings. The predicted octanol–water partition coefficient (Wildman–Crippen LogP) is 1.06. The van der Waals surface area contributed by atoms with E-state index in [2.05, 4.69) is 20.3 Å². The monoisotopic (exact) mass is 235 g/mol. The molecule has 17 heavy (non-hydrogen) atoms. The lowest BCUT2D eigenvalue weighted by Gasteiger charge is -2.06. The predicted molar refractivity (Wildman–Crippen MR) is 61.4 cm³/mol. The van der Waals surface area contributed by atoms with Gasteiger partial charge in [-0.3, -0.25) is 0 Å². The molecule has 0 spiro atoms. The van der Waals surface area contributed by atoms with Crippen LogP contribution < -0.4 is 15.8 Å². The zero-order valence-electron chi connectivity index (χ0n) is 9.38. The summed E-state index contributed by atoms with van der Waals surface area (Å²) in [6.45, 7) is 2.87. The molecular weight excluding hydrogens is 222 g/mol. The smallest absolute Gasteiger partial charge is 0.323 e. The Morgan fingerprint density at radius 2 is 2.29 bits per heavy atom. The van der Waals surface area contributed by atoms with E-state index in [0.717, 1.165) is 5.56 Å². The normalized spacial score (nSPS) is 10.2. The van der Waals surface area contributed by atoms with Crippen LogP contribution in [0.5, 0.6) is 6.01 Å². The van der Waals surface area contributed by atoms with Gasteiger partial charge in [-0.1, -0.05) is 0 Å². The molecule has 0 radical (unpaired) electrons. The molecule has 0 unspecified atom stereocenters. The number of anilines is 2. The largest absolute Gasteiger partial charge is 0.472 e. The van der Waals surface area contributed by atoms with E-state index in [4.69, 9.17) is 14.9 Å². The van der Waals surface area contributed by atoms with Crippen LogP contribution in [0.3, 0.4) is 0 Å². The van der Waals surface area contributed by atoms with Gasteiger partial charge >= 0.3 is 6.01 Å². The van der Waals surface area contributed by atoms with Crippen LogP contribution in [0, 0.1) is 0 Å². The van der Waals surface area contributed by atoms with E-state index in [1.807, 2.05) is 13.0 Å².